The first-order chi connectivity index (χ1) is 9.51. The molecule has 2 aromatic rings. The van der Waals surface area contributed by atoms with Crippen LogP contribution in [0.15, 0.2) is 34.8 Å². The molecule has 3 nitrogen and oxygen atoms in total. The summed E-state index contributed by atoms with van der Waals surface area (Å²) in [6, 6.07) is 9.09. The Morgan fingerprint density at radius 1 is 1.35 bits per heavy atom. The molecule has 5 heteroatoms. The van der Waals surface area contributed by atoms with Gasteiger partial charge < -0.3 is 5.73 Å². The van der Waals surface area contributed by atoms with Crippen molar-refractivity contribution >= 4 is 15.9 Å². The van der Waals surface area contributed by atoms with Gasteiger partial charge in [-0.3, -0.25) is 4.68 Å². The third-order valence-corrected chi connectivity index (χ3v) is 4.55. The SMILES string of the molecule is CCn1nc(C)c(Br)c1CC(F)(CN)c1ccccc1. The Morgan fingerprint density at radius 2 is 2.00 bits per heavy atom. The van der Waals surface area contributed by atoms with Crippen LogP contribution in [-0.2, 0) is 18.6 Å². The quantitative estimate of drug-likeness (QED) is 0.907. The maximum absolute atomic E-state index is 15.3. The van der Waals surface area contributed by atoms with Crippen LogP contribution in [0.25, 0.3) is 0 Å². The molecule has 0 fully saturated rings. The van der Waals surface area contributed by atoms with Crippen molar-refractivity contribution in [3.05, 3.63) is 51.8 Å². The van der Waals surface area contributed by atoms with E-state index in [4.69, 9.17) is 5.73 Å². The molecule has 1 aromatic heterocycles. The van der Waals surface area contributed by atoms with Gasteiger partial charge in [-0.2, -0.15) is 5.10 Å². The van der Waals surface area contributed by atoms with Crippen molar-refractivity contribution in [3.63, 3.8) is 0 Å². The molecule has 2 rings (SSSR count). The van der Waals surface area contributed by atoms with Crippen LogP contribution >= 0.6 is 15.9 Å². The minimum atomic E-state index is -1.58. The van der Waals surface area contributed by atoms with Crippen LogP contribution in [0, 0.1) is 6.92 Å². The van der Waals surface area contributed by atoms with E-state index in [1.54, 1.807) is 12.1 Å². The first-order valence-corrected chi connectivity index (χ1v) is 7.47. The van der Waals surface area contributed by atoms with Crippen molar-refractivity contribution in [1.29, 1.82) is 0 Å². The van der Waals surface area contributed by atoms with E-state index >= 15 is 4.39 Å². The normalized spacial score (nSPS) is 14.2. The van der Waals surface area contributed by atoms with Crippen molar-refractivity contribution in [3.8, 4) is 0 Å². The zero-order valence-corrected chi connectivity index (χ0v) is 13.3. The number of aryl methyl sites for hydroxylation is 2. The van der Waals surface area contributed by atoms with E-state index in [0.29, 0.717) is 12.1 Å². The summed E-state index contributed by atoms with van der Waals surface area (Å²) in [6.07, 6.45) is 0.211. The van der Waals surface area contributed by atoms with Gasteiger partial charge in [0.2, 0.25) is 0 Å². The average Bonchev–Trinajstić information content (AvgIpc) is 2.75. The smallest absolute Gasteiger partial charge is 0.153 e. The number of benzene rings is 1. The maximum Gasteiger partial charge on any atom is 0.153 e. The summed E-state index contributed by atoms with van der Waals surface area (Å²) in [5.41, 5.74) is 6.46. The molecule has 0 spiro atoms. The molecule has 0 aliphatic heterocycles. The predicted molar refractivity (Wildman–Crippen MR) is 82.3 cm³/mol. The van der Waals surface area contributed by atoms with Gasteiger partial charge in [-0.15, -0.1) is 0 Å². The number of hydrogen-bond donors (Lipinski definition) is 1. The molecule has 1 atom stereocenters. The topological polar surface area (TPSA) is 43.8 Å². The summed E-state index contributed by atoms with van der Waals surface area (Å²) >= 11 is 3.51. The molecule has 0 saturated carbocycles. The highest BCUT2D eigenvalue weighted by Gasteiger charge is 2.33. The number of rotatable bonds is 5. The third kappa shape index (κ3) is 2.79. The van der Waals surface area contributed by atoms with E-state index in [1.807, 2.05) is 36.7 Å². The Balaban J connectivity index is 2.41. The van der Waals surface area contributed by atoms with E-state index in [-0.39, 0.29) is 13.0 Å². The van der Waals surface area contributed by atoms with Crippen molar-refractivity contribution in [2.24, 2.45) is 5.73 Å². The highest BCUT2D eigenvalue weighted by Crippen LogP contribution is 2.33. The van der Waals surface area contributed by atoms with Gasteiger partial charge in [0, 0.05) is 19.5 Å². The Bertz CT molecular complexity index is 582. The van der Waals surface area contributed by atoms with Gasteiger partial charge in [-0.25, -0.2) is 4.39 Å². The largest absolute Gasteiger partial charge is 0.327 e. The summed E-state index contributed by atoms with van der Waals surface area (Å²) in [7, 11) is 0. The molecule has 0 aliphatic carbocycles. The molecular formula is C15H19BrFN3. The van der Waals surface area contributed by atoms with Crippen LogP contribution in [0.4, 0.5) is 4.39 Å². The molecule has 1 aromatic carbocycles. The van der Waals surface area contributed by atoms with Crippen LogP contribution in [0.5, 0.6) is 0 Å². The Labute approximate surface area is 127 Å². The standard InChI is InChI=1S/C15H19BrFN3/c1-3-20-13(14(16)11(2)19-20)9-15(17,10-18)12-7-5-4-6-8-12/h4-8H,3,9-10,18H2,1-2H3. The molecular weight excluding hydrogens is 321 g/mol. The van der Waals surface area contributed by atoms with E-state index < -0.39 is 5.67 Å². The Hall–Kier alpha value is -1.20. The average molecular weight is 340 g/mol. The fourth-order valence-corrected chi connectivity index (χ4v) is 2.76. The van der Waals surface area contributed by atoms with E-state index in [1.165, 1.54) is 0 Å². The minimum absolute atomic E-state index is 0.0581. The van der Waals surface area contributed by atoms with Gasteiger partial charge in [0.1, 0.15) is 0 Å². The van der Waals surface area contributed by atoms with Crippen LogP contribution in [0.2, 0.25) is 0 Å². The Morgan fingerprint density at radius 3 is 2.55 bits per heavy atom. The number of hydrogen-bond acceptors (Lipinski definition) is 2. The lowest BCUT2D eigenvalue weighted by Crippen LogP contribution is -2.33. The molecule has 1 heterocycles. The maximum atomic E-state index is 15.3. The van der Waals surface area contributed by atoms with Crippen LogP contribution in [0.3, 0.4) is 0 Å². The van der Waals surface area contributed by atoms with E-state index in [2.05, 4.69) is 21.0 Å². The van der Waals surface area contributed by atoms with Gasteiger partial charge >= 0.3 is 0 Å². The summed E-state index contributed by atoms with van der Waals surface area (Å²) in [6.45, 7) is 4.55. The Kier molecular flexibility index (Phi) is 4.60. The zero-order valence-electron chi connectivity index (χ0n) is 11.7. The number of nitrogens with two attached hydrogens (primary N) is 1. The van der Waals surface area contributed by atoms with Crippen molar-refractivity contribution in [2.75, 3.05) is 6.54 Å². The van der Waals surface area contributed by atoms with E-state index in [9.17, 15) is 0 Å². The van der Waals surface area contributed by atoms with Gasteiger partial charge in [0.25, 0.3) is 0 Å². The summed E-state index contributed by atoms with van der Waals surface area (Å²) < 4.78 is 17.9. The van der Waals surface area contributed by atoms with Gasteiger partial charge in [-0.05, 0) is 35.3 Å². The molecule has 1 unspecified atom stereocenters. The van der Waals surface area contributed by atoms with Crippen LogP contribution < -0.4 is 5.73 Å². The highest BCUT2D eigenvalue weighted by atomic mass is 79.9. The second kappa shape index (κ2) is 6.06. The second-order valence-electron chi connectivity index (χ2n) is 4.87. The zero-order chi connectivity index (χ0) is 14.8. The van der Waals surface area contributed by atoms with Gasteiger partial charge in [0.15, 0.2) is 5.67 Å². The van der Waals surface area contributed by atoms with E-state index in [0.717, 1.165) is 15.9 Å². The van der Waals surface area contributed by atoms with Crippen LogP contribution in [0.1, 0.15) is 23.9 Å². The molecule has 20 heavy (non-hydrogen) atoms. The number of aromatic nitrogens is 2. The molecule has 2 N–H and O–H groups in total. The molecule has 0 bridgehead atoms. The molecule has 0 aliphatic rings. The summed E-state index contributed by atoms with van der Waals surface area (Å²) in [4.78, 5) is 0. The lowest BCUT2D eigenvalue weighted by atomic mass is 9.91. The first-order valence-electron chi connectivity index (χ1n) is 6.68. The summed E-state index contributed by atoms with van der Waals surface area (Å²) in [5, 5.41) is 4.40. The summed E-state index contributed by atoms with van der Waals surface area (Å²) in [5.74, 6) is 0. The number of nitrogens with zero attached hydrogens (tertiary/aromatic N) is 2. The van der Waals surface area contributed by atoms with Crippen molar-refractivity contribution in [2.45, 2.75) is 32.5 Å². The lowest BCUT2D eigenvalue weighted by molar-refractivity contribution is 0.171. The monoisotopic (exact) mass is 339 g/mol. The lowest BCUT2D eigenvalue weighted by Gasteiger charge is -2.24. The molecule has 108 valence electrons. The number of halogens is 2. The van der Waals surface area contributed by atoms with Gasteiger partial charge in [-0.1, -0.05) is 30.3 Å². The van der Waals surface area contributed by atoms with Crippen molar-refractivity contribution < 1.29 is 4.39 Å². The molecule has 0 amide bonds. The first kappa shape index (κ1) is 15.2. The third-order valence-electron chi connectivity index (χ3n) is 3.52. The highest BCUT2D eigenvalue weighted by molar-refractivity contribution is 9.10. The number of alkyl halides is 1. The van der Waals surface area contributed by atoms with Gasteiger partial charge in [0.05, 0.1) is 15.9 Å². The fourth-order valence-electron chi connectivity index (χ4n) is 2.33. The van der Waals surface area contributed by atoms with Crippen LogP contribution in [-0.4, -0.2) is 16.3 Å². The molecule has 0 radical (unpaired) electrons. The fraction of sp³-hybridized carbons (Fsp3) is 0.400. The molecule has 0 saturated heterocycles. The predicted octanol–water partition coefficient (Wildman–Crippen LogP) is 3.34. The second-order valence-corrected chi connectivity index (χ2v) is 5.67. The minimum Gasteiger partial charge on any atom is -0.327 e. The van der Waals surface area contributed by atoms with Crippen molar-refractivity contribution in [1.82, 2.24) is 9.78 Å².